The Balaban J connectivity index is 1.85. The first-order valence-electron chi connectivity index (χ1n) is 8.07. The Morgan fingerprint density at radius 1 is 0.962 bits per heavy atom. The molecule has 2 heterocycles. The second kappa shape index (κ2) is 5.30. The van der Waals surface area contributed by atoms with Crippen molar-refractivity contribution in [1.29, 1.82) is 0 Å². The molecule has 3 atom stereocenters. The number of rotatable bonds is 2. The molecule has 2 aromatic rings. The number of fused-ring (bicyclic) bond motifs is 3. The second-order valence-corrected chi connectivity index (χ2v) is 6.71. The molecule has 0 radical (unpaired) electrons. The number of nitro groups is 1. The predicted molar refractivity (Wildman–Crippen MR) is 89.9 cm³/mol. The van der Waals surface area contributed by atoms with Crippen molar-refractivity contribution in [2.75, 3.05) is 0 Å². The lowest BCUT2D eigenvalue weighted by atomic mass is 9.83. The van der Waals surface area contributed by atoms with Crippen LogP contribution in [0.5, 0.6) is 0 Å². The highest BCUT2D eigenvalue weighted by atomic mass is 16.8. The lowest BCUT2D eigenvalue weighted by Crippen LogP contribution is -2.41. The molecule has 7 nitrogen and oxygen atoms in total. The standard InChI is InChI=1S/C19H15NO6/c1-18-15(21)13-5-3-4-6-14(13)16(22)19(2,26-18)25-17(18)11-7-9-12(10-8-11)20(23)24/h3-10,17H,1-2H3/t17-,18-,19+/m0/s1. The number of benzene rings is 2. The maximum Gasteiger partial charge on any atom is 0.269 e. The van der Waals surface area contributed by atoms with Crippen molar-refractivity contribution in [3.05, 3.63) is 75.3 Å². The Morgan fingerprint density at radius 2 is 1.54 bits per heavy atom. The third kappa shape index (κ3) is 2.14. The van der Waals surface area contributed by atoms with E-state index in [-0.39, 0.29) is 17.0 Å². The number of nitrogens with zero attached hydrogens (tertiary/aromatic N) is 1. The van der Waals surface area contributed by atoms with Crippen LogP contribution in [0, 0.1) is 10.1 Å². The van der Waals surface area contributed by atoms with Crippen molar-refractivity contribution in [2.45, 2.75) is 31.3 Å². The molecule has 132 valence electrons. The van der Waals surface area contributed by atoms with Gasteiger partial charge in [-0.15, -0.1) is 0 Å². The van der Waals surface area contributed by atoms with Crippen molar-refractivity contribution < 1.29 is 24.0 Å². The summed E-state index contributed by atoms with van der Waals surface area (Å²) < 4.78 is 11.8. The van der Waals surface area contributed by atoms with Gasteiger partial charge in [-0.25, -0.2) is 0 Å². The Bertz CT molecular complexity index is 953. The molecule has 0 aromatic heterocycles. The molecule has 0 saturated carbocycles. The zero-order valence-electron chi connectivity index (χ0n) is 14.1. The average Bonchev–Trinajstić information content (AvgIpc) is 2.90. The van der Waals surface area contributed by atoms with Gasteiger partial charge in [0.05, 0.1) is 4.92 Å². The summed E-state index contributed by atoms with van der Waals surface area (Å²) >= 11 is 0. The molecule has 1 fully saturated rings. The van der Waals surface area contributed by atoms with E-state index in [1.165, 1.54) is 31.2 Å². The first-order valence-corrected chi connectivity index (χ1v) is 8.07. The number of hydrogen-bond donors (Lipinski definition) is 0. The molecule has 0 aliphatic carbocycles. The molecule has 7 heteroatoms. The minimum atomic E-state index is -1.61. The van der Waals surface area contributed by atoms with Gasteiger partial charge in [0.2, 0.25) is 11.6 Å². The number of carbonyl (C=O) groups excluding carboxylic acids is 2. The fraction of sp³-hybridized carbons (Fsp3) is 0.263. The summed E-state index contributed by atoms with van der Waals surface area (Å²) in [5.41, 5.74) is -0.406. The number of ketones is 2. The van der Waals surface area contributed by atoms with E-state index in [9.17, 15) is 19.7 Å². The van der Waals surface area contributed by atoms with Crippen LogP contribution in [0.25, 0.3) is 0 Å². The summed E-state index contributed by atoms with van der Waals surface area (Å²) in [7, 11) is 0. The van der Waals surface area contributed by atoms with Crippen molar-refractivity contribution in [3.63, 3.8) is 0 Å². The molecule has 0 amide bonds. The second-order valence-electron chi connectivity index (χ2n) is 6.71. The third-order valence-electron chi connectivity index (χ3n) is 4.94. The van der Waals surface area contributed by atoms with Gasteiger partial charge in [-0.2, -0.15) is 0 Å². The molecule has 0 N–H and O–H groups in total. The number of non-ortho nitro benzene ring substituents is 1. The van der Waals surface area contributed by atoms with E-state index >= 15 is 0 Å². The number of nitro benzene ring substituents is 1. The van der Waals surface area contributed by atoms with Crippen LogP contribution in [0.3, 0.4) is 0 Å². The summed E-state index contributed by atoms with van der Waals surface area (Å²) in [5.74, 6) is -2.38. The molecule has 0 unspecified atom stereocenters. The molecule has 2 aliphatic rings. The zero-order valence-corrected chi connectivity index (χ0v) is 14.1. The molecule has 26 heavy (non-hydrogen) atoms. The monoisotopic (exact) mass is 353 g/mol. The van der Waals surface area contributed by atoms with Gasteiger partial charge in [0, 0.05) is 23.3 Å². The van der Waals surface area contributed by atoms with E-state index in [2.05, 4.69) is 0 Å². The number of hydrogen-bond acceptors (Lipinski definition) is 6. The van der Waals surface area contributed by atoms with Crippen LogP contribution in [0.2, 0.25) is 0 Å². The summed E-state index contributed by atoms with van der Waals surface area (Å²) in [6.45, 7) is 3.08. The molecule has 0 spiro atoms. The van der Waals surface area contributed by atoms with E-state index < -0.39 is 28.2 Å². The highest BCUT2D eigenvalue weighted by Gasteiger charge is 2.62. The van der Waals surface area contributed by atoms with Gasteiger partial charge < -0.3 is 9.47 Å². The van der Waals surface area contributed by atoms with E-state index in [0.29, 0.717) is 11.1 Å². The molecular formula is C19H15NO6. The Morgan fingerprint density at radius 3 is 2.12 bits per heavy atom. The van der Waals surface area contributed by atoms with E-state index in [0.717, 1.165) is 0 Å². The van der Waals surface area contributed by atoms with Crippen molar-refractivity contribution >= 4 is 17.3 Å². The smallest absolute Gasteiger partial charge is 0.269 e. The van der Waals surface area contributed by atoms with Crippen LogP contribution >= 0.6 is 0 Å². The lowest BCUT2D eigenvalue weighted by Gasteiger charge is -2.27. The van der Waals surface area contributed by atoms with E-state index in [1.807, 2.05) is 0 Å². The molecule has 1 saturated heterocycles. The largest absolute Gasteiger partial charge is 0.332 e. The van der Waals surface area contributed by atoms with Gasteiger partial charge in [-0.3, -0.25) is 19.7 Å². The molecule has 2 aliphatic heterocycles. The average molecular weight is 353 g/mol. The summed E-state index contributed by atoms with van der Waals surface area (Å²) in [5, 5.41) is 10.9. The fourth-order valence-corrected chi connectivity index (χ4v) is 3.63. The van der Waals surface area contributed by atoms with Gasteiger partial charge in [0.25, 0.3) is 5.69 Å². The summed E-state index contributed by atoms with van der Waals surface area (Å²) in [6.07, 6.45) is -0.863. The predicted octanol–water partition coefficient (Wildman–Crippen LogP) is 3.24. The topological polar surface area (TPSA) is 95.7 Å². The maximum absolute atomic E-state index is 13.2. The highest BCUT2D eigenvalue weighted by molar-refractivity contribution is 6.16. The number of carbonyl (C=O) groups is 2. The van der Waals surface area contributed by atoms with Crippen LogP contribution in [0.15, 0.2) is 48.5 Å². The highest BCUT2D eigenvalue weighted by Crippen LogP contribution is 2.50. The third-order valence-corrected chi connectivity index (χ3v) is 4.94. The van der Waals surface area contributed by atoms with Gasteiger partial charge in [0.15, 0.2) is 11.4 Å². The first-order chi connectivity index (χ1) is 12.3. The Labute approximate surface area is 148 Å². The lowest BCUT2D eigenvalue weighted by molar-refractivity contribution is -0.384. The SMILES string of the molecule is C[C@@]12O[C@@H](c3ccc([N+](=O)[O-])cc3)[C@@](C)(O1)C(=O)c1ccccc1C2=O. The Hall–Kier alpha value is -2.90. The van der Waals surface area contributed by atoms with Crippen LogP contribution in [-0.2, 0) is 9.47 Å². The van der Waals surface area contributed by atoms with Gasteiger partial charge in [0.1, 0.15) is 6.10 Å². The van der Waals surface area contributed by atoms with Gasteiger partial charge in [-0.1, -0.05) is 24.3 Å². The summed E-state index contributed by atoms with van der Waals surface area (Å²) in [6, 6.07) is 12.3. The van der Waals surface area contributed by atoms with Gasteiger partial charge in [-0.05, 0) is 31.5 Å². The van der Waals surface area contributed by atoms with E-state index in [4.69, 9.17) is 9.47 Å². The minimum Gasteiger partial charge on any atom is -0.332 e. The molecule has 2 bridgehead atoms. The first kappa shape index (κ1) is 16.6. The van der Waals surface area contributed by atoms with Crippen molar-refractivity contribution in [1.82, 2.24) is 0 Å². The quantitative estimate of drug-likeness (QED) is 0.607. The van der Waals surface area contributed by atoms with Crippen LogP contribution in [0.4, 0.5) is 5.69 Å². The molecule has 2 aromatic carbocycles. The zero-order chi connectivity index (χ0) is 18.7. The Kier molecular flexibility index (Phi) is 3.37. The number of ether oxygens (including phenoxy) is 2. The van der Waals surface area contributed by atoms with Crippen LogP contribution < -0.4 is 0 Å². The van der Waals surface area contributed by atoms with Crippen molar-refractivity contribution in [2.24, 2.45) is 0 Å². The van der Waals surface area contributed by atoms with Crippen molar-refractivity contribution in [3.8, 4) is 0 Å². The minimum absolute atomic E-state index is 0.0722. The van der Waals surface area contributed by atoms with Gasteiger partial charge >= 0.3 is 0 Å². The number of Topliss-reactive ketones (excluding diaryl/α,β-unsaturated/α-hetero) is 2. The van der Waals surface area contributed by atoms with Crippen LogP contribution in [0.1, 0.15) is 46.2 Å². The van der Waals surface area contributed by atoms with Crippen LogP contribution in [-0.4, -0.2) is 27.9 Å². The summed E-state index contributed by atoms with van der Waals surface area (Å²) in [4.78, 5) is 36.5. The van der Waals surface area contributed by atoms with E-state index in [1.54, 1.807) is 31.2 Å². The maximum atomic E-state index is 13.2. The molecule has 4 rings (SSSR count). The fourth-order valence-electron chi connectivity index (χ4n) is 3.63. The molecular weight excluding hydrogens is 338 g/mol. The normalized spacial score (nSPS) is 30.0.